The molecule has 5 heteroatoms. The fraction of sp³-hybridized carbons (Fsp3) is 0.478. The fourth-order valence-electron chi connectivity index (χ4n) is 3.82. The third-order valence-electron chi connectivity index (χ3n) is 5.34. The maximum Gasteiger partial charge on any atom is 0.243 e. The van der Waals surface area contributed by atoms with Crippen molar-refractivity contribution in [2.24, 2.45) is 5.92 Å². The predicted molar refractivity (Wildman–Crippen MR) is 111 cm³/mol. The van der Waals surface area contributed by atoms with E-state index in [0.29, 0.717) is 6.54 Å². The largest absolute Gasteiger partial charge is 0.348 e. The van der Waals surface area contributed by atoms with Crippen molar-refractivity contribution in [2.75, 3.05) is 13.1 Å². The summed E-state index contributed by atoms with van der Waals surface area (Å²) in [6, 6.07) is 14.1. The third kappa shape index (κ3) is 3.98. The van der Waals surface area contributed by atoms with E-state index < -0.39 is 5.54 Å². The summed E-state index contributed by atoms with van der Waals surface area (Å²) in [5.74, 6) is -0.141. The van der Waals surface area contributed by atoms with Crippen LogP contribution in [-0.2, 0) is 16.1 Å². The van der Waals surface area contributed by atoms with E-state index in [1.54, 1.807) is 4.90 Å². The van der Waals surface area contributed by atoms with E-state index >= 15 is 0 Å². The Labute approximate surface area is 167 Å². The maximum absolute atomic E-state index is 13.4. The summed E-state index contributed by atoms with van der Waals surface area (Å²) >= 11 is 0. The minimum Gasteiger partial charge on any atom is -0.348 e. The lowest BCUT2D eigenvalue weighted by Gasteiger charge is -2.41. The van der Waals surface area contributed by atoms with Crippen LogP contribution < -0.4 is 0 Å². The molecule has 150 valence electrons. The zero-order chi connectivity index (χ0) is 20.5. The summed E-state index contributed by atoms with van der Waals surface area (Å²) in [6.45, 7) is 11.2. The smallest absolute Gasteiger partial charge is 0.243 e. The maximum atomic E-state index is 13.4. The first-order valence-electron chi connectivity index (χ1n) is 10.0. The molecule has 0 radical (unpaired) electrons. The van der Waals surface area contributed by atoms with E-state index in [4.69, 9.17) is 0 Å². The third-order valence-corrected chi connectivity index (χ3v) is 5.34. The van der Waals surface area contributed by atoms with E-state index in [-0.39, 0.29) is 30.3 Å². The Hall–Kier alpha value is -2.56. The van der Waals surface area contributed by atoms with E-state index in [1.165, 1.54) is 0 Å². The minimum absolute atomic E-state index is 0.00905. The van der Waals surface area contributed by atoms with Crippen LogP contribution in [0, 0.1) is 5.92 Å². The lowest BCUT2D eigenvalue weighted by Crippen LogP contribution is -2.54. The average Bonchev–Trinajstić information content (AvgIpc) is 3.13. The number of nitrogens with zero attached hydrogens (tertiary/aromatic N) is 3. The molecule has 1 atom stereocenters. The molecule has 1 aromatic heterocycles. The average molecular weight is 382 g/mol. The molecule has 2 aromatic rings. The summed E-state index contributed by atoms with van der Waals surface area (Å²) in [6.07, 6.45) is 2.07. The quantitative estimate of drug-likeness (QED) is 0.811. The first-order chi connectivity index (χ1) is 13.2. The summed E-state index contributed by atoms with van der Waals surface area (Å²) < 4.78 is 2.21. The Morgan fingerprint density at radius 2 is 1.75 bits per heavy atom. The molecular weight excluding hydrogens is 350 g/mol. The topological polar surface area (TPSA) is 45.6 Å². The zero-order valence-corrected chi connectivity index (χ0v) is 17.6. The standard InChI is InChI=1S/C23H31N3O2/c1-17(2)22(28)26(23(3,4)5)16-20(27)25-15-14-24-13-9-12-19(24)21(25)18-10-7-6-8-11-18/h6-13,17,21H,14-16H2,1-5H3. The number of hydrogen-bond acceptors (Lipinski definition) is 2. The molecule has 0 aliphatic carbocycles. The zero-order valence-electron chi connectivity index (χ0n) is 17.6. The second kappa shape index (κ2) is 7.82. The molecule has 1 aromatic carbocycles. The molecule has 1 aliphatic rings. The molecule has 28 heavy (non-hydrogen) atoms. The molecule has 1 unspecified atom stereocenters. The van der Waals surface area contributed by atoms with Crippen LogP contribution in [0.5, 0.6) is 0 Å². The molecule has 3 rings (SSSR count). The Balaban J connectivity index is 1.92. The van der Waals surface area contributed by atoms with Crippen molar-refractivity contribution in [3.8, 4) is 0 Å². The molecule has 0 saturated heterocycles. The lowest BCUT2D eigenvalue weighted by atomic mass is 9.99. The molecule has 0 fully saturated rings. The number of carbonyl (C=O) groups is 2. The molecule has 0 saturated carbocycles. The normalized spacial score (nSPS) is 16.8. The monoisotopic (exact) mass is 381 g/mol. The van der Waals surface area contributed by atoms with Crippen LogP contribution in [0.15, 0.2) is 48.7 Å². The van der Waals surface area contributed by atoms with Gasteiger partial charge in [-0.25, -0.2) is 0 Å². The highest BCUT2D eigenvalue weighted by Gasteiger charge is 2.36. The van der Waals surface area contributed by atoms with Gasteiger partial charge in [0.1, 0.15) is 6.54 Å². The minimum atomic E-state index is -0.407. The second-order valence-electron chi connectivity index (χ2n) is 8.78. The Morgan fingerprint density at radius 1 is 1.07 bits per heavy atom. The van der Waals surface area contributed by atoms with Gasteiger partial charge in [-0.15, -0.1) is 0 Å². The highest BCUT2D eigenvalue weighted by atomic mass is 16.2. The summed E-state index contributed by atoms with van der Waals surface area (Å²) in [5, 5.41) is 0. The van der Waals surface area contributed by atoms with E-state index in [9.17, 15) is 9.59 Å². The summed E-state index contributed by atoms with van der Waals surface area (Å²) in [5.41, 5.74) is 1.80. The molecule has 0 spiro atoms. The summed E-state index contributed by atoms with van der Waals surface area (Å²) in [4.78, 5) is 29.8. The van der Waals surface area contributed by atoms with Gasteiger partial charge in [-0.05, 0) is 38.5 Å². The van der Waals surface area contributed by atoms with Gasteiger partial charge in [-0.1, -0.05) is 44.2 Å². The number of rotatable bonds is 4. The van der Waals surface area contributed by atoms with Gasteiger partial charge in [0.05, 0.1) is 6.04 Å². The lowest BCUT2D eigenvalue weighted by molar-refractivity contribution is -0.148. The van der Waals surface area contributed by atoms with Crippen molar-refractivity contribution in [1.29, 1.82) is 0 Å². The van der Waals surface area contributed by atoms with Crippen molar-refractivity contribution >= 4 is 11.8 Å². The van der Waals surface area contributed by atoms with Gasteiger partial charge in [-0.2, -0.15) is 0 Å². The number of benzene rings is 1. The first-order valence-corrected chi connectivity index (χ1v) is 10.0. The first kappa shape index (κ1) is 20.2. The highest BCUT2D eigenvalue weighted by Crippen LogP contribution is 2.32. The fourth-order valence-corrected chi connectivity index (χ4v) is 3.82. The number of hydrogen-bond donors (Lipinski definition) is 0. The van der Waals surface area contributed by atoms with Crippen molar-refractivity contribution in [3.05, 3.63) is 59.9 Å². The van der Waals surface area contributed by atoms with E-state index in [0.717, 1.165) is 17.8 Å². The van der Waals surface area contributed by atoms with Gasteiger partial charge in [0.15, 0.2) is 0 Å². The molecule has 0 bridgehead atoms. The van der Waals surface area contributed by atoms with Gasteiger partial charge in [0.2, 0.25) is 11.8 Å². The molecular formula is C23H31N3O2. The molecule has 2 heterocycles. The number of carbonyl (C=O) groups excluding carboxylic acids is 2. The van der Waals surface area contributed by atoms with Gasteiger partial charge < -0.3 is 14.4 Å². The van der Waals surface area contributed by atoms with Crippen LogP contribution in [0.4, 0.5) is 0 Å². The van der Waals surface area contributed by atoms with Gasteiger partial charge in [0, 0.05) is 36.4 Å². The molecule has 2 amide bonds. The van der Waals surface area contributed by atoms with Crippen LogP contribution in [-0.4, -0.2) is 44.8 Å². The number of aromatic nitrogens is 1. The number of amides is 2. The molecule has 1 aliphatic heterocycles. The SMILES string of the molecule is CC(C)C(=O)N(CC(=O)N1CCn2cccc2C1c1ccccc1)C(C)(C)C. The van der Waals surface area contributed by atoms with Gasteiger partial charge in [0.25, 0.3) is 0 Å². The van der Waals surface area contributed by atoms with Crippen LogP contribution in [0.3, 0.4) is 0 Å². The van der Waals surface area contributed by atoms with Crippen LogP contribution in [0.2, 0.25) is 0 Å². The van der Waals surface area contributed by atoms with Crippen molar-refractivity contribution < 1.29 is 9.59 Å². The van der Waals surface area contributed by atoms with Crippen molar-refractivity contribution in [2.45, 2.75) is 52.7 Å². The van der Waals surface area contributed by atoms with Gasteiger partial charge >= 0.3 is 0 Å². The predicted octanol–water partition coefficient (Wildman–Crippen LogP) is 3.70. The molecule has 5 nitrogen and oxygen atoms in total. The van der Waals surface area contributed by atoms with E-state index in [1.807, 2.05) is 63.8 Å². The van der Waals surface area contributed by atoms with Crippen LogP contribution in [0.1, 0.15) is 51.9 Å². The Morgan fingerprint density at radius 3 is 2.36 bits per heavy atom. The second-order valence-corrected chi connectivity index (χ2v) is 8.78. The van der Waals surface area contributed by atoms with Gasteiger partial charge in [-0.3, -0.25) is 9.59 Å². The van der Waals surface area contributed by atoms with Crippen molar-refractivity contribution in [3.63, 3.8) is 0 Å². The molecule has 0 N–H and O–H groups in total. The summed E-state index contributed by atoms with van der Waals surface area (Å²) in [7, 11) is 0. The Kier molecular flexibility index (Phi) is 5.64. The number of fused-ring (bicyclic) bond motifs is 1. The van der Waals surface area contributed by atoms with E-state index in [2.05, 4.69) is 29.0 Å². The highest BCUT2D eigenvalue weighted by molar-refractivity contribution is 5.86. The van der Waals surface area contributed by atoms with Crippen LogP contribution >= 0.6 is 0 Å². The Bertz CT molecular complexity index is 833. The van der Waals surface area contributed by atoms with Crippen molar-refractivity contribution in [1.82, 2.24) is 14.4 Å². The van der Waals surface area contributed by atoms with Crippen LogP contribution in [0.25, 0.3) is 0 Å².